The molecule has 3 aromatic rings. The maximum absolute atomic E-state index is 13.7. The van der Waals surface area contributed by atoms with Crippen molar-refractivity contribution >= 4 is 23.5 Å². The van der Waals surface area contributed by atoms with E-state index in [1.165, 1.54) is 15.6 Å². The van der Waals surface area contributed by atoms with Crippen molar-refractivity contribution in [2.45, 2.75) is 32.5 Å². The van der Waals surface area contributed by atoms with Crippen LogP contribution in [-0.2, 0) is 22.6 Å². The van der Waals surface area contributed by atoms with Crippen LogP contribution in [0.2, 0.25) is 0 Å². The minimum atomic E-state index is -1.36. The number of para-hydroxylation sites is 1. The normalized spacial score (nSPS) is 16.8. The number of hydrogen-bond donors (Lipinski definition) is 1. The first-order valence-corrected chi connectivity index (χ1v) is 11.5. The highest BCUT2D eigenvalue weighted by atomic mass is 16.5. The number of methoxy groups -OCH3 is 2. The number of hydrogen-bond acceptors (Lipinski definition) is 7. The molecule has 1 N–H and O–H groups in total. The molecular weight excluding hydrogens is 464 g/mol. The number of carbonyl (C=O) groups is 3. The predicted octanol–water partition coefficient (Wildman–Crippen LogP) is 2.81. The number of fused-ring (bicyclic) bond motifs is 1. The zero-order valence-electron chi connectivity index (χ0n) is 20.6. The molecule has 1 aliphatic heterocycles. The van der Waals surface area contributed by atoms with E-state index in [9.17, 15) is 14.4 Å². The largest absolute Gasteiger partial charge is 0.497 e. The van der Waals surface area contributed by atoms with E-state index in [-0.39, 0.29) is 31.1 Å². The van der Waals surface area contributed by atoms with Gasteiger partial charge in [0.2, 0.25) is 5.91 Å². The number of nitrogens with zero attached hydrogens (tertiary/aromatic N) is 3. The molecule has 2 aromatic carbocycles. The van der Waals surface area contributed by atoms with Crippen molar-refractivity contribution in [2.75, 3.05) is 25.7 Å². The molecule has 10 nitrogen and oxygen atoms in total. The van der Waals surface area contributed by atoms with E-state index in [2.05, 4.69) is 10.4 Å². The fraction of sp³-hybridized carbons (Fsp3) is 0.308. The van der Waals surface area contributed by atoms with E-state index in [1.807, 2.05) is 24.3 Å². The fourth-order valence-corrected chi connectivity index (χ4v) is 4.24. The molecule has 1 aromatic heterocycles. The maximum atomic E-state index is 13.7. The third kappa shape index (κ3) is 4.49. The third-order valence-corrected chi connectivity index (χ3v) is 6.09. The maximum Gasteiger partial charge on any atom is 0.358 e. The van der Waals surface area contributed by atoms with E-state index >= 15 is 0 Å². The number of nitrogens with one attached hydrogen (secondary N) is 1. The van der Waals surface area contributed by atoms with Crippen LogP contribution in [0.25, 0.3) is 0 Å². The van der Waals surface area contributed by atoms with Crippen LogP contribution < -0.4 is 19.7 Å². The molecule has 2 amide bonds. The highest BCUT2D eigenvalue weighted by molar-refractivity contribution is 6.12. The van der Waals surface area contributed by atoms with Gasteiger partial charge in [0.1, 0.15) is 22.7 Å². The van der Waals surface area contributed by atoms with Crippen molar-refractivity contribution in [3.63, 3.8) is 0 Å². The topological polar surface area (TPSA) is 112 Å². The van der Waals surface area contributed by atoms with Crippen molar-refractivity contribution in [3.8, 4) is 11.5 Å². The Morgan fingerprint density at radius 3 is 2.47 bits per heavy atom. The van der Waals surface area contributed by atoms with Crippen LogP contribution in [0.5, 0.6) is 11.5 Å². The molecule has 10 heteroatoms. The van der Waals surface area contributed by atoms with Crippen LogP contribution in [0.1, 0.15) is 40.4 Å². The minimum absolute atomic E-state index is 0.00793. The highest BCUT2D eigenvalue weighted by Crippen LogP contribution is 2.34. The predicted molar refractivity (Wildman–Crippen MR) is 131 cm³/mol. The summed E-state index contributed by atoms with van der Waals surface area (Å²) in [5.74, 6) is -0.241. The van der Waals surface area contributed by atoms with Crippen molar-refractivity contribution < 1.29 is 28.6 Å². The zero-order chi connectivity index (χ0) is 25.9. The van der Waals surface area contributed by atoms with E-state index in [4.69, 9.17) is 14.2 Å². The Labute approximate surface area is 208 Å². The van der Waals surface area contributed by atoms with Crippen molar-refractivity contribution in [1.29, 1.82) is 0 Å². The quantitative estimate of drug-likeness (QED) is 0.481. The van der Waals surface area contributed by atoms with Gasteiger partial charge in [-0.05, 0) is 44.2 Å². The standard InChI is InChI=1S/C26H28N4O6/c1-5-36-24(32)20-14-21-23(31)30(18-10-12-19(34-3)13-11-18)26(2,16-29(21)28-20)25(33)27-15-17-8-6-7-9-22(17)35-4/h6-14H,5,15-16H2,1-4H3,(H,27,33)/t26-/m1/s1. The lowest BCUT2D eigenvalue weighted by Gasteiger charge is -2.43. The third-order valence-electron chi connectivity index (χ3n) is 6.09. The molecule has 0 aliphatic carbocycles. The second-order valence-corrected chi connectivity index (χ2v) is 8.40. The SMILES string of the molecule is CCOC(=O)c1cc2n(n1)C[C@](C)(C(=O)NCc1ccccc1OC)N(c1ccc(OC)cc1)C2=O. The van der Waals surface area contributed by atoms with Gasteiger partial charge >= 0.3 is 5.97 Å². The molecular formula is C26H28N4O6. The van der Waals surface area contributed by atoms with Gasteiger partial charge in [-0.25, -0.2) is 4.79 Å². The number of esters is 1. The number of ether oxygens (including phenoxy) is 3. The number of amides is 2. The number of rotatable bonds is 8. The second-order valence-electron chi connectivity index (χ2n) is 8.40. The van der Waals surface area contributed by atoms with Crippen LogP contribution in [0.4, 0.5) is 5.69 Å². The fourth-order valence-electron chi connectivity index (χ4n) is 4.24. The lowest BCUT2D eigenvalue weighted by atomic mass is 9.93. The summed E-state index contributed by atoms with van der Waals surface area (Å²) in [6.07, 6.45) is 0. The van der Waals surface area contributed by atoms with Crippen LogP contribution in [0.3, 0.4) is 0 Å². The van der Waals surface area contributed by atoms with Gasteiger partial charge in [-0.1, -0.05) is 18.2 Å². The molecule has 0 fully saturated rings. The van der Waals surface area contributed by atoms with Gasteiger partial charge in [-0.3, -0.25) is 19.2 Å². The van der Waals surface area contributed by atoms with Crippen molar-refractivity contribution in [3.05, 3.63) is 71.5 Å². The average Bonchev–Trinajstić information content (AvgIpc) is 3.32. The Morgan fingerprint density at radius 2 is 1.81 bits per heavy atom. The van der Waals surface area contributed by atoms with Gasteiger partial charge in [0.25, 0.3) is 5.91 Å². The summed E-state index contributed by atoms with van der Waals surface area (Å²) in [5.41, 5.74) is 0.122. The van der Waals surface area contributed by atoms with E-state index in [0.29, 0.717) is 17.2 Å². The monoisotopic (exact) mass is 492 g/mol. The summed E-state index contributed by atoms with van der Waals surface area (Å²) in [4.78, 5) is 41.1. The van der Waals surface area contributed by atoms with E-state index in [1.54, 1.807) is 52.3 Å². The highest BCUT2D eigenvalue weighted by Gasteiger charge is 2.49. The number of benzene rings is 2. The van der Waals surface area contributed by atoms with Gasteiger partial charge in [0.05, 0.1) is 27.4 Å². The number of aromatic nitrogens is 2. The Hall–Kier alpha value is -4.34. The van der Waals surface area contributed by atoms with E-state index < -0.39 is 23.3 Å². The van der Waals surface area contributed by atoms with Crippen LogP contribution in [0, 0.1) is 0 Å². The van der Waals surface area contributed by atoms with Gasteiger partial charge in [0.15, 0.2) is 5.69 Å². The molecule has 0 saturated heterocycles. The Balaban J connectivity index is 1.72. The molecule has 0 radical (unpaired) electrons. The van der Waals surface area contributed by atoms with Crippen molar-refractivity contribution in [1.82, 2.24) is 15.1 Å². The number of anilines is 1. The summed E-state index contributed by atoms with van der Waals surface area (Å²) < 4.78 is 17.1. The summed E-state index contributed by atoms with van der Waals surface area (Å²) in [5, 5.41) is 7.21. The molecule has 1 aliphatic rings. The van der Waals surface area contributed by atoms with Crippen LogP contribution >= 0.6 is 0 Å². The van der Waals surface area contributed by atoms with Gasteiger partial charge < -0.3 is 19.5 Å². The summed E-state index contributed by atoms with van der Waals surface area (Å²) >= 11 is 0. The van der Waals surface area contributed by atoms with Crippen LogP contribution in [-0.4, -0.2) is 53.9 Å². The summed E-state index contributed by atoms with van der Waals surface area (Å²) in [7, 11) is 3.11. The van der Waals surface area contributed by atoms with Gasteiger partial charge in [0, 0.05) is 23.9 Å². The Morgan fingerprint density at radius 1 is 1.08 bits per heavy atom. The van der Waals surface area contributed by atoms with Gasteiger partial charge in [-0.2, -0.15) is 5.10 Å². The molecule has 4 rings (SSSR count). The lowest BCUT2D eigenvalue weighted by Crippen LogP contribution is -2.64. The van der Waals surface area contributed by atoms with Gasteiger partial charge in [-0.15, -0.1) is 0 Å². The molecule has 2 heterocycles. The molecule has 0 spiro atoms. The van der Waals surface area contributed by atoms with Crippen LogP contribution in [0.15, 0.2) is 54.6 Å². The van der Waals surface area contributed by atoms with Crippen molar-refractivity contribution in [2.24, 2.45) is 0 Å². The zero-order valence-corrected chi connectivity index (χ0v) is 20.6. The molecule has 0 unspecified atom stereocenters. The molecule has 0 saturated carbocycles. The lowest BCUT2D eigenvalue weighted by molar-refractivity contribution is -0.126. The molecule has 1 atom stereocenters. The first kappa shape index (κ1) is 24.8. The summed E-state index contributed by atoms with van der Waals surface area (Å²) in [6.45, 7) is 3.76. The smallest absolute Gasteiger partial charge is 0.358 e. The molecule has 0 bridgehead atoms. The summed E-state index contributed by atoms with van der Waals surface area (Å²) in [6, 6.07) is 15.6. The first-order chi connectivity index (χ1) is 17.3. The average molecular weight is 493 g/mol. The first-order valence-electron chi connectivity index (χ1n) is 11.5. The molecule has 36 heavy (non-hydrogen) atoms. The van der Waals surface area contributed by atoms with E-state index in [0.717, 1.165) is 5.56 Å². The molecule has 188 valence electrons. The number of carbonyl (C=O) groups excluding carboxylic acids is 3. The minimum Gasteiger partial charge on any atom is -0.497 e. The Bertz CT molecular complexity index is 1290. The second kappa shape index (κ2) is 10.1. The Kier molecular flexibility index (Phi) is 6.96.